The number of carboxylic acid groups (broad SMARTS) is 1. The predicted octanol–water partition coefficient (Wildman–Crippen LogP) is -0.0724. The number of rotatable bonds is 3. The Morgan fingerprint density at radius 2 is 2.30 bits per heavy atom. The summed E-state index contributed by atoms with van der Waals surface area (Å²) in [5.74, 6) is -0.626. The van der Waals surface area contributed by atoms with Gasteiger partial charge in [0.2, 0.25) is 5.91 Å². The Kier molecular flexibility index (Phi) is 3.92. The molecule has 2 rings (SSSR count). The molecule has 0 unspecified atom stereocenters. The summed E-state index contributed by atoms with van der Waals surface area (Å²) in [5.41, 5.74) is 0.0756. The summed E-state index contributed by atoms with van der Waals surface area (Å²) >= 11 is 0. The number of hydrogen-bond donors (Lipinski definition) is 3. The smallest absolute Gasteiger partial charge is 0.339 e. The zero-order chi connectivity index (χ0) is 14.7. The number of aromatic carboxylic acids is 1. The molecule has 3 amide bonds. The number of nitrogens with zero attached hydrogens (tertiary/aromatic N) is 1. The van der Waals surface area contributed by atoms with E-state index < -0.39 is 5.97 Å². The molecule has 8 nitrogen and oxygen atoms in total. The van der Waals surface area contributed by atoms with E-state index in [2.05, 4.69) is 10.6 Å². The van der Waals surface area contributed by atoms with Gasteiger partial charge in [0, 0.05) is 13.1 Å². The van der Waals surface area contributed by atoms with Crippen LogP contribution in [0.15, 0.2) is 10.5 Å². The molecule has 0 bridgehead atoms. The molecule has 0 aromatic carbocycles. The summed E-state index contributed by atoms with van der Waals surface area (Å²) in [6.45, 7) is 2.50. The van der Waals surface area contributed by atoms with E-state index in [9.17, 15) is 14.4 Å². The van der Waals surface area contributed by atoms with Crippen molar-refractivity contribution in [1.82, 2.24) is 15.5 Å². The Labute approximate surface area is 114 Å². The van der Waals surface area contributed by atoms with Gasteiger partial charge < -0.3 is 25.1 Å². The van der Waals surface area contributed by atoms with Crippen molar-refractivity contribution < 1.29 is 23.9 Å². The van der Waals surface area contributed by atoms with Gasteiger partial charge in [0.05, 0.1) is 6.54 Å². The number of nitrogens with one attached hydrogen (secondary N) is 2. The quantitative estimate of drug-likeness (QED) is 0.718. The van der Waals surface area contributed by atoms with E-state index >= 15 is 0 Å². The number of piperazine rings is 1. The molecule has 0 aliphatic carbocycles. The molecule has 1 aliphatic heterocycles. The van der Waals surface area contributed by atoms with Crippen LogP contribution in [0.2, 0.25) is 0 Å². The fraction of sp³-hybridized carbons (Fsp3) is 0.417. The van der Waals surface area contributed by atoms with Crippen LogP contribution in [0.3, 0.4) is 0 Å². The fourth-order valence-electron chi connectivity index (χ4n) is 1.93. The zero-order valence-corrected chi connectivity index (χ0v) is 10.9. The average molecular weight is 281 g/mol. The lowest BCUT2D eigenvalue weighted by atomic mass is 10.2. The fourth-order valence-corrected chi connectivity index (χ4v) is 1.93. The van der Waals surface area contributed by atoms with Crippen molar-refractivity contribution in [2.24, 2.45) is 0 Å². The second-order valence-corrected chi connectivity index (χ2v) is 4.42. The van der Waals surface area contributed by atoms with Gasteiger partial charge in [-0.1, -0.05) is 0 Å². The van der Waals surface area contributed by atoms with Gasteiger partial charge in [-0.05, 0) is 13.0 Å². The maximum Gasteiger partial charge on any atom is 0.339 e. The standard InChI is InChI=1S/C12H15N3O5/c1-7-9(11(17)18)4-8(20-7)5-14-12(19)15-3-2-13-10(16)6-15/h4H,2-3,5-6H2,1H3,(H,13,16)(H,14,19)(H,17,18). The Hall–Kier alpha value is -2.51. The molecule has 1 aromatic rings. The van der Waals surface area contributed by atoms with Crippen molar-refractivity contribution >= 4 is 17.9 Å². The van der Waals surface area contributed by atoms with Gasteiger partial charge in [-0.15, -0.1) is 0 Å². The van der Waals surface area contributed by atoms with Crippen LogP contribution in [0.4, 0.5) is 4.79 Å². The lowest BCUT2D eigenvalue weighted by molar-refractivity contribution is -0.123. The first-order valence-electron chi connectivity index (χ1n) is 6.09. The molecule has 1 saturated heterocycles. The van der Waals surface area contributed by atoms with Gasteiger partial charge in [0.1, 0.15) is 23.6 Å². The maximum atomic E-state index is 11.8. The van der Waals surface area contributed by atoms with Gasteiger partial charge in [0.15, 0.2) is 0 Å². The molecule has 108 valence electrons. The molecule has 2 heterocycles. The average Bonchev–Trinajstić information content (AvgIpc) is 2.77. The first-order valence-corrected chi connectivity index (χ1v) is 6.09. The number of carbonyl (C=O) groups excluding carboxylic acids is 2. The normalized spacial score (nSPS) is 14.8. The molecular formula is C12H15N3O5. The summed E-state index contributed by atoms with van der Waals surface area (Å²) in [7, 11) is 0. The van der Waals surface area contributed by atoms with Gasteiger partial charge in [-0.3, -0.25) is 4.79 Å². The zero-order valence-electron chi connectivity index (χ0n) is 10.9. The van der Waals surface area contributed by atoms with Crippen molar-refractivity contribution in [2.45, 2.75) is 13.5 Å². The summed E-state index contributed by atoms with van der Waals surface area (Å²) in [6.07, 6.45) is 0. The first-order chi connectivity index (χ1) is 9.47. The van der Waals surface area contributed by atoms with Crippen LogP contribution >= 0.6 is 0 Å². The predicted molar refractivity (Wildman–Crippen MR) is 67.2 cm³/mol. The van der Waals surface area contributed by atoms with E-state index in [1.807, 2.05) is 0 Å². The minimum atomic E-state index is -1.07. The molecule has 1 aliphatic rings. The second kappa shape index (κ2) is 5.64. The van der Waals surface area contributed by atoms with E-state index in [0.29, 0.717) is 24.6 Å². The van der Waals surface area contributed by atoms with Crippen molar-refractivity contribution in [3.63, 3.8) is 0 Å². The van der Waals surface area contributed by atoms with Crippen LogP contribution in [-0.2, 0) is 11.3 Å². The molecule has 20 heavy (non-hydrogen) atoms. The highest BCUT2D eigenvalue weighted by atomic mass is 16.4. The third-order valence-corrected chi connectivity index (χ3v) is 2.94. The van der Waals surface area contributed by atoms with Crippen LogP contribution in [0.25, 0.3) is 0 Å². The number of furan rings is 1. The van der Waals surface area contributed by atoms with E-state index in [4.69, 9.17) is 9.52 Å². The van der Waals surface area contributed by atoms with Crippen molar-refractivity contribution in [3.8, 4) is 0 Å². The molecule has 8 heteroatoms. The van der Waals surface area contributed by atoms with Crippen molar-refractivity contribution in [3.05, 3.63) is 23.2 Å². The van der Waals surface area contributed by atoms with Crippen LogP contribution in [-0.4, -0.2) is 47.5 Å². The highest BCUT2D eigenvalue weighted by Gasteiger charge is 2.21. The van der Waals surface area contributed by atoms with Gasteiger partial charge in [0.25, 0.3) is 0 Å². The van der Waals surface area contributed by atoms with E-state index in [1.165, 1.54) is 11.0 Å². The maximum absolute atomic E-state index is 11.8. The van der Waals surface area contributed by atoms with Crippen molar-refractivity contribution in [1.29, 1.82) is 0 Å². The molecule has 1 fully saturated rings. The number of urea groups is 1. The van der Waals surface area contributed by atoms with Crippen LogP contribution in [0.1, 0.15) is 21.9 Å². The molecule has 0 saturated carbocycles. The first kappa shape index (κ1) is 13.9. The molecular weight excluding hydrogens is 266 g/mol. The number of aryl methyl sites for hydroxylation is 1. The van der Waals surface area contributed by atoms with Crippen molar-refractivity contribution in [2.75, 3.05) is 19.6 Å². The Morgan fingerprint density at radius 3 is 2.90 bits per heavy atom. The minimum Gasteiger partial charge on any atom is -0.478 e. The second-order valence-electron chi connectivity index (χ2n) is 4.42. The van der Waals surface area contributed by atoms with Gasteiger partial charge in [-0.25, -0.2) is 9.59 Å². The monoisotopic (exact) mass is 281 g/mol. The van der Waals surface area contributed by atoms with Crippen LogP contribution < -0.4 is 10.6 Å². The lowest BCUT2D eigenvalue weighted by Crippen LogP contribution is -2.52. The largest absolute Gasteiger partial charge is 0.478 e. The van der Waals surface area contributed by atoms with E-state index in [-0.39, 0.29) is 30.6 Å². The summed E-state index contributed by atoms with van der Waals surface area (Å²) in [6, 6.07) is 0.992. The molecule has 0 atom stereocenters. The summed E-state index contributed by atoms with van der Waals surface area (Å²) < 4.78 is 5.24. The number of hydrogen-bond acceptors (Lipinski definition) is 4. The van der Waals surface area contributed by atoms with E-state index in [1.54, 1.807) is 6.92 Å². The van der Waals surface area contributed by atoms with Crippen LogP contribution in [0, 0.1) is 6.92 Å². The number of carbonyl (C=O) groups is 3. The summed E-state index contributed by atoms with van der Waals surface area (Å²) in [5, 5.41) is 14.1. The molecule has 1 aromatic heterocycles. The Morgan fingerprint density at radius 1 is 1.55 bits per heavy atom. The molecule has 3 N–H and O–H groups in total. The van der Waals surface area contributed by atoms with Crippen LogP contribution in [0.5, 0.6) is 0 Å². The van der Waals surface area contributed by atoms with E-state index in [0.717, 1.165) is 0 Å². The van der Waals surface area contributed by atoms with Gasteiger partial charge in [-0.2, -0.15) is 0 Å². The minimum absolute atomic E-state index is 0.0173. The highest BCUT2D eigenvalue weighted by Crippen LogP contribution is 2.14. The van der Waals surface area contributed by atoms with Gasteiger partial charge >= 0.3 is 12.0 Å². The highest BCUT2D eigenvalue weighted by molar-refractivity contribution is 5.89. The summed E-state index contributed by atoms with van der Waals surface area (Å²) in [4.78, 5) is 35.2. The Bertz CT molecular complexity index is 551. The topological polar surface area (TPSA) is 112 Å². The Balaban J connectivity index is 1.91. The molecule has 0 radical (unpaired) electrons. The number of carboxylic acids is 1. The molecule has 0 spiro atoms. The third-order valence-electron chi connectivity index (χ3n) is 2.94. The lowest BCUT2D eigenvalue weighted by Gasteiger charge is -2.26. The third kappa shape index (κ3) is 3.08. The SMILES string of the molecule is Cc1oc(CNC(=O)N2CCNC(=O)C2)cc1C(=O)O. The number of amides is 3.